The zero-order valence-corrected chi connectivity index (χ0v) is 16.6. The molecule has 0 bridgehead atoms. The van der Waals surface area contributed by atoms with Crippen LogP contribution in [0.3, 0.4) is 0 Å². The van der Waals surface area contributed by atoms with Crippen LogP contribution in [0.4, 0.5) is 20.3 Å². The number of hydrogen-bond acceptors (Lipinski definition) is 6. The zero-order valence-electron chi connectivity index (χ0n) is 15.8. The highest BCUT2D eigenvalue weighted by Crippen LogP contribution is 2.25. The lowest BCUT2D eigenvalue weighted by atomic mass is 10.1. The van der Waals surface area contributed by atoms with Gasteiger partial charge in [-0.3, -0.25) is 4.72 Å². The third-order valence-electron chi connectivity index (χ3n) is 4.58. The van der Waals surface area contributed by atoms with Gasteiger partial charge >= 0.3 is 0 Å². The maximum Gasteiger partial charge on any atom is 0.264 e. The molecule has 4 rings (SSSR count). The largest absolute Gasteiger partial charge is 0.378 e. The number of morpholine rings is 1. The number of benzene rings is 2. The number of aromatic nitrogens is 2. The fourth-order valence-corrected chi connectivity index (χ4v) is 4.20. The van der Waals surface area contributed by atoms with E-state index in [1.807, 2.05) is 6.07 Å². The zero-order chi connectivity index (χ0) is 21.1. The van der Waals surface area contributed by atoms with Crippen LogP contribution in [0.1, 0.15) is 0 Å². The Morgan fingerprint density at radius 1 is 0.967 bits per heavy atom. The van der Waals surface area contributed by atoms with Crippen molar-refractivity contribution in [3.8, 4) is 11.3 Å². The minimum atomic E-state index is -4.23. The summed E-state index contributed by atoms with van der Waals surface area (Å²) >= 11 is 0. The first-order chi connectivity index (χ1) is 14.4. The van der Waals surface area contributed by atoms with Crippen LogP contribution in [0, 0.1) is 11.6 Å². The molecule has 1 saturated heterocycles. The van der Waals surface area contributed by atoms with Crippen molar-refractivity contribution in [2.45, 2.75) is 4.90 Å². The van der Waals surface area contributed by atoms with Gasteiger partial charge in [0, 0.05) is 30.4 Å². The van der Waals surface area contributed by atoms with Crippen LogP contribution >= 0.6 is 0 Å². The van der Waals surface area contributed by atoms with Gasteiger partial charge < -0.3 is 9.64 Å². The molecule has 0 saturated carbocycles. The second-order valence-corrected chi connectivity index (χ2v) is 8.29. The van der Waals surface area contributed by atoms with Gasteiger partial charge in [-0.2, -0.15) is 0 Å². The number of nitrogens with one attached hydrogen (secondary N) is 1. The molecule has 30 heavy (non-hydrogen) atoms. The molecule has 0 aliphatic carbocycles. The van der Waals surface area contributed by atoms with E-state index in [0.717, 1.165) is 31.0 Å². The number of sulfonamides is 1. The van der Waals surface area contributed by atoms with Crippen molar-refractivity contribution in [2.75, 3.05) is 35.9 Å². The van der Waals surface area contributed by atoms with Gasteiger partial charge in [-0.25, -0.2) is 17.2 Å². The van der Waals surface area contributed by atoms with Crippen LogP contribution < -0.4 is 9.62 Å². The van der Waals surface area contributed by atoms with Crippen LogP contribution in [0.15, 0.2) is 59.5 Å². The summed E-state index contributed by atoms with van der Waals surface area (Å²) in [6, 6.07) is 12.4. The predicted molar refractivity (Wildman–Crippen MR) is 108 cm³/mol. The molecule has 0 unspecified atom stereocenters. The molecule has 1 fully saturated rings. The Morgan fingerprint density at radius 2 is 1.77 bits per heavy atom. The summed E-state index contributed by atoms with van der Waals surface area (Å²) in [6.07, 6.45) is 0. The fourth-order valence-electron chi connectivity index (χ4n) is 3.09. The lowest BCUT2D eigenvalue weighted by Gasteiger charge is -2.27. The average Bonchev–Trinajstić information content (AvgIpc) is 2.74. The second-order valence-electron chi connectivity index (χ2n) is 6.64. The van der Waals surface area contributed by atoms with Crippen molar-refractivity contribution in [3.63, 3.8) is 0 Å². The highest BCUT2D eigenvalue weighted by atomic mass is 32.2. The highest BCUT2D eigenvalue weighted by Gasteiger charge is 2.20. The van der Waals surface area contributed by atoms with Crippen LogP contribution in [-0.4, -0.2) is 44.9 Å². The Bertz CT molecular complexity index is 1150. The van der Waals surface area contributed by atoms with E-state index in [9.17, 15) is 17.2 Å². The molecule has 2 aromatic carbocycles. The second kappa shape index (κ2) is 8.33. The number of rotatable bonds is 5. The van der Waals surface area contributed by atoms with Crippen molar-refractivity contribution in [3.05, 3.63) is 66.2 Å². The Hall–Kier alpha value is -3.11. The summed E-state index contributed by atoms with van der Waals surface area (Å²) in [7, 11) is -4.23. The van der Waals surface area contributed by atoms with E-state index < -0.39 is 26.6 Å². The number of ether oxygens (including phenoxy) is 1. The Morgan fingerprint density at radius 3 is 2.47 bits per heavy atom. The molecule has 10 heteroatoms. The van der Waals surface area contributed by atoms with Crippen molar-refractivity contribution < 1.29 is 21.9 Å². The SMILES string of the molecule is O=S(=O)(Nc1cccc(-c2ccc(N3CCOCC3)nn2)c1)c1ccc(F)cc1F. The third-order valence-corrected chi connectivity index (χ3v) is 5.99. The summed E-state index contributed by atoms with van der Waals surface area (Å²) in [4.78, 5) is 1.44. The summed E-state index contributed by atoms with van der Waals surface area (Å²) in [5.74, 6) is -1.28. The van der Waals surface area contributed by atoms with Gasteiger partial charge in [0.1, 0.15) is 16.5 Å². The first-order valence-corrected chi connectivity index (χ1v) is 10.7. The normalized spacial score (nSPS) is 14.5. The molecular formula is C20H18F2N4O3S. The summed E-state index contributed by atoms with van der Waals surface area (Å²) < 4.78 is 59.6. The molecule has 0 radical (unpaired) electrons. The molecule has 2 heterocycles. The predicted octanol–water partition coefficient (Wildman–Crippen LogP) is 3.06. The Balaban J connectivity index is 1.55. The summed E-state index contributed by atoms with van der Waals surface area (Å²) in [5, 5.41) is 8.48. The molecule has 3 aromatic rings. The Labute approximate surface area is 172 Å². The standard InChI is InChI=1S/C20H18F2N4O3S/c21-15-4-6-19(17(22)13-15)30(27,28)25-16-3-1-2-14(12-16)18-5-7-20(24-23-18)26-8-10-29-11-9-26/h1-7,12-13,25H,8-11H2. The molecule has 0 spiro atoms. The molecule has 1 aliphatic rings. The molecule has 0 atom stereocenters. The first-order valence-electron chi connectivity index (χ1n) is 9.17. The molecule has 1 aliphatic heterocycles. The number of anilines is 2. The van der Waals surface area contributed by atoms with Crippen LogP contribution in [-0.2, 0) is 14.8 Å². The Kier molecular flexibility index (Phi) is 5.60. The van der Waals surface area contributed by atoms with Crippen molar-refractivity contribution >= 4 is 21.5 Å². The molecule has 1 N–H and O–H groups in total. The molecule has 1 aromatic heterocycles. The van der Waals surface area contributed by atoms with Crippen molar-refractivity contribution in [1.82, 2.24) is 10.2 Å². The van der Waals surface area contributed by atoms with E-state index >= 15 is 0 Å². The maximum absolute atomic E-state index is 13.9. The van der Waals surface area contributed by atoms with Gasteiger partial charge in [0.15, 0.2) is 5.82 Å². The van der Waals surface area contributed by atoms with Gasteiger partial charge in [-0.15, -0.1) is 10.2 Å². The maximum atomic E-state index is 13.9. The first kappa shape index (κ1) is 20.2. The van der Waals surface area contributed by atoms with E-state index in [1.165, 1.54) is 6.07 Å². The van der Waals surface area contributed by atoms with E-state index in [0.29, 0.717) is 30.5 Å². The van der Waals surface area contributed by atoms with Crippen LogP contribution in [0.5, 0.6) is 0 Å². The lowest BCUT2D eigenvalue weighted by molar-refractivity contribution is 0.122. The third kappa shape index (κ3) is 4.39. The van der Waals surface area contributed by atoms with Crippen molar-refractivity contribution in [2.24, 2.45) is 0 Å². The minimum Gasteiger partial charge on any atom is -0.378 e. The van der Waals surface area contributed by atoms with E-state index in [4.69, 9.17) is 4.74 Å². The van der Waals surface area contributed by atoms with Gasteiger partial charge in [0.25, 0.3) is 10.0 Å². The summed E-state index contributed by atoms with van der Waals surface area (Å²) in [6.45, 7) is 2.76. The molecular weight excluding hydrogens is 414 g/mol. The fraction of sp³-hybridized carbons (Fsp3) is 0.200. The van der Waals surface area contributed by atoms with Crippen LogP contribution in [0.25, 0.3) is 11.3 Å². The topological polar surface area (TPSA) is 84.4 Å². The summed E-state index contributed by atoms with van der Waals surface area (Å²) in [5.41, 5.74) is 1.41. The monoisotopic (exact) mass is 432 g/mol. The van der Waals surface area contributed by atoms with E-state index in [-0.39, 0.29) is 5.69 Å². The van der Waals surface area contributed by atoms with Gasteiger partial charge in [-0.05, 0) is 36.4 Å². The number of hydrogen-bond donors (Lipinski definition) is 1. The quantitative estimate of drug-likeness (QED) is 0.667. The average molecular weight is 432 g/mol. The molecule has 156 valence electrons. The van der Waals surface area contributed by atoms with E-state index in [1.54, 1.807) is 24.3 Å². The number of halogens is 2. The van der Waals surface area contributed by atoms with Gasteiger partial charge in [0.2, 0.25) is 0 Å². The molecule has 0 amide bonds. The van der Waals surface area contributed by atoms with Crippen LogP contribution in [0.2, 0.25) is 0 Å². The van der Waals surface area contributed by atoms with Gasteiger partial charge in [-0.1, -0.05) is 12.1 Å². The van der Waals surface area contributed by atoms with E-state index in [2.05, 4.69) is 19.8 Å². The number of nitrogens with zero attached hydrogens (tertiary/aromatic N) is 3. The van der Waals surface area contributed by atoms with Crippen molar-refractivity contribution in [1.29, 1.82) is 0 Å². The molecule has 7 nitrogen and oxygen atoms in total. The van der Waals surface area contributed by atoms with Gasteiger partial charge in [0.05, 0.1) is 18.9 Å². The highest BCUT2D eigenvalue weighted by molar-refractivity contribution is 7.92. The minimum absolute atomic E-state index is 0.218. The smallest absolute Gasteiger partial charge is 0.264 e. The lowest BCUT2D eigenvalue weighted by Crippen LogP contribution is -2.36.